The summed E-state index contributed by atoms with van der Waals surface area (Å²) < 4.78 is 4.90. The average Bonchev–Trinajstić information content (AvgIpc) is 2.64. The second-order valence-corrected chi connectivity index (χ2v) is 4.74. The molecule has 0 saturated carbocycles. The zero-order valence-corrected chi connectivity index (χ0v) is 10.3. The Kier molecular flexibility index (Phi) is 3.23. The Morgan fingerprint density at radius 2 is 2.17 bits per heavy atom. The minimum atomic E-state index is -0.800. The van der Waals surface area contributed by atoms with Gasteiger partial charge < -0.3 is 9.52 Å². The summed E-state index contributed by atoms with van der Waals surface area (Å²) >= 11 is 0. The highest BCUT2D eigenvalue weighted by Gasteiger charge is 2.21. The van der Waals surface area contributed by atoms with Crippen LogP contribution in [0, 0.1) is 11.8 Å². The first-order valence-corrected chi connectivity index (χ1v) is 5.82. The van der Waals surface area contributed by atoms with Crippen LogP contribution in [0.2, 0.25) is 0 Å². The van der Waals surface area contributed by atoms with Crippen molar-refractivity contribution in [2.75, 3.05) is 0 Å². The van der Waals surface area contributed by atoms with Crippen LogP contribution in [-0.2, 0) is 11.2 Å². The Balaban J connectivity index is 2.30. The first-order chi connectivity index (χ1) is 8.47. The molecule has 1 atom stereocenters. The molecule has 0 amide bonds. The van der Waals surface area contributed by atoms with E-state index in [1.807, 2.05) is 13.8 Å². The molecule has 2 rings (SSSR count). The van der Waals surface area contributed by atoms with E-state index in [1.54, 1.807) is 18.2 Å². The lowest BCUT2D eigenvalue weighted by molar-refractivity contribution is -0.143. The van der Waals surface area contributed by atoms with Crippen LogP contribution >= 0.6 is 0 Å². The van der Waals surface area contributed by atoms with E-state index in [1.165, 1.54) is 0 Å². The number of carboxylic acid groups (broad SMARTS) is 1. The second-order valence-electron chi connectivity index (χ2n) is 4.74. The average molecular weight is 249 g/mol. The van der Waals surface area contributed by atoms with Crippen LogP contribution in [0.4, 0.5) is 0 Å². The normalized spacial score (nSPS) is 13.1. The van der Waals surface area contributed by atoms with Crippen LogP contribution in [0.1, 0.15) is 19.4 Å². The molecule has 0 saturated heterocycles. The third-order valence-corrected chi connectivity index (χ3v) is 3.06. The van der Waals surface area contributed by atoms with Crippen LogP contribution in [0.25, 0.3) is 11.1 Å². The third-order valence-electron chi connectivity index (χ3n) is 3.06. The zero-order valence-electron chi connectivity index (χ0n) is 10.3. The standard InChI is InChI=1S/C13H15NO4/c1-7(2)9(12(15)16)5-8-3-4-11-10(6-8)14-13(17)18-11/h3-4,6-7,9H,5H2,1-2H3,(H,14,17)(H,15,16). The molecule has 2 aromatic rings. The number of H-pyrrole nitrogens is 1. The van der Waals surface area contributed by atoms with Gasteiger partial charge in [-0.05, 0) is 30.0 Å². The highest BCUT2D eigenvalue weighted by molar-refractivity contribution is 5.74. The minimum Gasteiger partial charge on any atom is -0.481 e. The van der Waals surface area contributed by atoms with Crippen molar-refractivity contribution in [2.24, 2.45) is 11.8 Å². The number of carboxylic acids is 1. The maximum absolute atomic E-state index is 11.1. The number of aromatic nitrogens is 1. The van der Waals surface area contributed by atoms with Gasteiger partial charge in [0.1, 0.15) is 0 Å². The van der Waals surface area contributed by atoms with Crippen LogP contribution in [0.15, 0.2) is 27.4 Å². The van der Waals surface area contributed by atoms with Crippen LogP contribution in [0.3, 0.4) is 0 Å². The number of hydrogen-bond acceptors (Lipinski definition) is 3. The molecule has 0 radical (unpaired) electrons. The third kappa shape index (κ3) is 2.45. The van der Waals surface area contributed by atoms with Gasteiger partial charge in [0.05, 0.1) is 11.4 Å². The molecule has 0 aliphatic rings. The quantitative estimate of drug-likeness (QED) is 0.868. The molecule has 0 bridgehead atoms. The van der Waals surface area contributed by atoms with Crippen molar-refractivity contribution in [1.29, 1.82) is 0 Å². The number of rotatable bonds is 4. The lowest BCUT2D eigenvalue weighted by Crippen LogP contribution is -2.22. The maximum atomic E-state index is 11.1. The van der Waals surface area contributed by atoms with Crippen molar-refractivity contribution in [1.82, 2.24) is 4.98 Å². The fourth-order valence-corrected chi connectivity index (χ4v) is 1.99. The van der Waals surface area contributed by atoms with E-state index in [2.05, 4.69) is 4.98 Å². The Hall–Kier alpha value is -2.04. The molecule has 0 aliphatic heterocycles. The molecule has 1 aromatic heterocycles. The first-order valence-electron chi connectivity index (χ1n) is 5.82. The number of benzene rings is 1. The highest BCUT2D eigenvalue weighted by Crippen LogP contribution is 2.20. The molecule has 1 aromatic carbocycles. The number of aliphatic carboxylic acids is 1. The van der Waals surface area contributed by atoms with Crippen molar-refractivity contribution in [3.63, 3.8) is 0 Å². The Labute approximate surface area is 103 Å². The molecule has 5 nitrogen and oxygen atoms in total. The van der Waals surface area contributed by atoms with Crippen molar-refractivity contribution in [3.05, 3.63) is 34.3 Å². The van der Waals surface area contributed by atoms with Crippen molar-refractivity contribution < 1.29 is 14.3 Å². The Morgan fingerprint density at radius 3 is 2.78 bits per heavy atom. The Morgan fingerprint density at radius 1 is 1.44 bits per heavy atom. The first kappa shape index (κ1) is 12.4. The zero-order chi connectivity index (χ0) is 13.3. The van der Waals surface area contributed by atoms with Gasteiger partial charge >= 0.3 is 11.7 Å². The summed E-state index contributed by atoms with van der Waals surface area (Å²) in [7, 11) is 0. The molecular formula is C13H15NO4. The summed E-state index contributed by atoms with van der Waals surface area (Å²) in [6.45, 7) is 3.77. The highest BCUT2D eigenvalue weighted by atomic mass is 16.4. The topological polar surface area (TPSA) is 83.3 Å². The molecule has 0 aliphatic carbocycles. The number of aromatic amines is 1. The van der Waals surface area contributed by atoms with Crippen LogP contribution < -0.4 is 5.76 Å². The summed E-state index contributed by atoms with van der Waals surface area (Å²) in [5.74, 6) is -1.67. The molecule has 1 unspecified atom stereocenters. The number of fused-ring (bicyclic) bond motifs is 1. The predicted octanol–water partition coefficient (Wildman–Crippen LogP) is 2.02. The molecule has 96 valence electrons. The van der Waals surface area contributed by atoms with E-state index >= 15 is 0 Å². The molecule has 5 heteroatoms. The molecule has 0 fully saturated rings. The Bertz CT molecular complexity index is 623. The van der Waals surface area contributed by atoms with E-state index in [0.29, 0.717) is 17.5 Å². The summed E-state index contributed by atoms with van der Waals surface area (Å²) in [6, 6.07) is 5.23. The number of oxazole rings is 1. The summed E-state index contributed by atoms with van der Waals surface area (Å²) in [5.41, 5.74) is 1.96. The van der Waals surface area contributed by atoms with Gasteiger partial charge in [-0.25, -0.2) is 4.79 Å². The summed E-state index contributed by atoms with van der Waals surface area (Å²) in [5, 5.41) is 9.15. The van der Waals surface area contributed by atoms with E-state index in [0.717, 1.165) is 5.56 Å². The number of nitrogens with one attached hydrogen (secondary N) is 1. The van der Waals surface area contributed by atoms with Gasteiger partial charge in [0.25, 0.3) is 0 Å². The fourth-order valence-electron chi connectivity index (χ4n) is 1.99. The SMILES string of the molecule is CC(C)C(Cc1ccc2oc(=O)[nH]c2c1)C(=O)O. The van der Waals surface area contributed by atoms with E-state index in [-0.39, 0.29) is 5.92 Å². The van der Waals surface area contributed by atoms with Gasteiger partial charge in [-0.2, -0.15) is 0 Å². The molecule has 2 N–H and O–H groups in total. The van der Waals surface area contributed by atoms with Gasteiger partial charge in [-0.3, -0.25) is 9.78 Å². The minimum absolute atomic E-state index is 0.0570. The number of hydrogen-bond donors (Lipinski definition) is 2. The van der Waals surface area contributed by atoms with Gasteiger partial charge in [-0.15, -0.1) is 0 Å². The fraction of sp³-hybridized carbons (Fsp3) is 0.385. The summed E-state index contributed by atoms with van der Waals surface area (Å²) in [4.78, 5) is 24.7. The largest absolute Gasteiger partial charge is 0.481 e. The van der Waals surface area contributed by atoms with E-state index in [4.69, 9.17) is 9.52 Å². The van der Waals surface area contributed by atoms with Gasteiger partial charge in [-0.1, -0.05) is 19.9 Å². The van der Waals surface area contributed by atoms with E-state index < -0.39 is 17.6 Å². The summed E-state index contributed by atoms with van der Waals surface area (Å²) in [6.07, 6.45) is 0.441. The molecule has 0 spiro atoms. The van der Waals surface area contributed by atoms with Gasteiger partial charge in [0, 0.05) is 0 Å². The maximum Gasteiger partial charge on any atom is 0.417 e. The van der Waals surface area contributed by atoms with Crippen molar-refractivity contribution >= 4 is 17.1 Å². The van der Waals surface area contributed by atoms with Gasteiger partial charge in [0.2, 0.25) is 0 Å². The monoisotopic (exact) mass is 249 g/mol. The lowest BCUT2D eigenvalue weighted by Gasteiger charge is -2.15. The molecular weight excluding hydrogens is 234 g/mol. The lowest BCUT2D eigenvalue weighted by atomic mass is 9.89. The predicted molar refractivity (Wildman–Crippen MR) is 66.5 cm³/mol. The van der Waals surface area contributed by atoms with Crippen LogP contribution in [-0.4, -0.2) is 16.1 Å². The second kappa shape index (κ2) is 4.68. The smallest absolute Gasteiger partial charge is 0.417 e. The van der Waals surface area contributed by atoms with Crippen molar-refractivity contribution in [2.45, 2.75) is 20.3 Å². The van der Waals surface area contributed by atoms with Crippen molar-refractivity contribution in [3.8, 4) is 0 Å². The molecule has 18 heavy (non-hydrogen) atoms. The number of carbonyl (C=O) groups is 1. The molecule has 1 heterocycles. The van der Waals surface area contributed by atoms with Crippen LogP contribution in [0.5, 0.6) is 0 Å². The van der Waals surface area contributed by atoms with Gasteiger partial charge in [0.15, 0.2) is 5.58 Å². The van der Waals surface area contributed by atoms with E-state index in [9.17, 15) is 9.59 Å².